The van der Waals surface area contributed by atoms with Gasteiger partial charge in [-0.15, -0.1) is 0 Å². The summed E-state index contributed by atoms with van der Waals surface area (Å²) in [7, 11) is 0. The van der Waals surface area contributed by atoms with E-state index in [4.69, 9.17) is 4.74 Å². The van der Waals surface area contributed by atoms with Gasteiger partial charge in [-0.1, -0.05) is 26.2 Å². The molecule has 1 saturated heterocycles. The zero-order valence-electron chi connectivity index (χ0n) is 14.5. The molecule has 4 atom stereocenters. The van der Waals surface area contributed by atoms with Crippen molar-refractivity contribution in [1.82, 2.24) is 10.6 Å². The number of nitrogens with one attached hydrogen (secondary N) is 2. The van der Waals surface area contributed by atoms with Gasteiger partial charge in [0.05, 0.1) is 0 Å². The van der Waals surface area contributed by atoms with E-state index in [-0.39, 0.29) is 12.1 Å². The molecule has 1 amide bonds. The molecule has 2 N–H and O–H groups in total. The van der Waals surface area contributed by atoms with Gasteiger partial charge in [-0.05, 0) is 40.0 Å². The second kappa shape index (κ2) is 7.91. The van der Waals surface area contributed by atoms with Gasteiger partial charge in [-0.2, -0.15) is 11.8 Å². The van der Waals surface area contributed by atoms with E-state index < -0.39 is 5.60 Å². The molecular formula is C17H32N2O2S. The first-order valence-electron chi connectivity index (χ1n) is 8.70. The standard InChI is InChI=1S/C17H32N2O2S/c1-12-10-13(11-22-12)18-14-8-6-5-7-9-15(14)19-16(20)21-17(2,3)4/h12-15,18H,5-11H2,1-4H3,(H,19,20). The summed E-state index contributed by atoms with van der Waals surface area (Å²) in [5, 5.41) is 7.69. The maximum absolute atomic E-state index is 12.1. The highest BCUT2D eigenvalue weighted by molar-refractivity contribution is 8.00. The van der Waals surface area contributed by atoms with Crippen LogP contribution in [0.5, 0.6) is 0 Å². The Bertz CT molecular complexity index is 370. The first-order valence-corrected chi connectivity index (χ1v) is 9.75. The Hall–Kier alpha value is -0.420. The maximum Gasteiger partial charge on any atom is 0.407 e. The molecule has 4 nitrogen and oxygen atoms in total. The molecular weight excluding hydrogens is 296 g/mol. The Morgan fingerprint density at radius 2 is 1.82 bits per heavy atom. The fourth-order valence-corrected chi connectivity index (χ4v) is 4.54. The van der Waals surface area contributed by atoms with Crippen LogP contribution in [-0.4, -0.2) is 40.8 Å². The minimum Gasteiger partial charge on any atom is -0.444 e. The van der Waals surface area contributed by atoms with Gasteiger partial charge < -0.3 is 15.4 Å². The van der Waals surface area contributed by atoms with Gasteiger partial charge in [0.15, 0.2) is 0 Å². The molecule has 2 rings (SSSR count). The predicted octanol–water partition coefficient (Wildman–Crippen LogP) is 3.70. The summed E-state index contributed by atoms with van der Waals surface area (Å²) < 4.78 is 5.43. The van der Waals surface area contributed by atoms with E-state index in [0.717, 1.165) is 18.1 Å². The largest absolute Gasteiger partial charge is 0.444 e. The zero-order chi connectivity index (χ0) is 16.2. The van der Waals surface area contributed by atoms with Crippen LogP contribution in [0.2, 0.25) is 0 Å². The number of thioether (sulfide) groups is 1. The number of carbonyl (C=O) groups is 1. The lowest BCUT2D eigenvalue weighted by molar-refractivity contribution is 0.0488. The Balaban J connectivity index is 1.90. The first-order chi connectivity index (χ1) is 10.3. The van der Waals surface area contributed by atoms with Crippen molar-refractivity contribution in [3.63, 3.8) is 0 Å². The Kier molecular flexibility index (Phi) is 6.45. The predicted molar refractivity (Wildman–Crippen MR) is 93.5 cm³/mol. The van der Waals surface area contributed by atoms with Gasteiger partial charge in [-0.25, -0.2) is 4.79 Å². The molecule has 0 aromatic rings. The molecule has 0 spiro atoms. The summed E-state index contributed by atoms with van der Waals surface area (Å²) in [6.07, 6.45) is 6.86. The minimum absolute atomic E-state index is 0.193. The van der Waals surface area contributed by atoms with Gasteiger partial charge in [0.1, 0.15) is 5.60 Å². The quantitative estimate of drug-likeness (QED) is 0.776. The lowest BCUT2D eigenvalue weighted by Crippen LogP contribution is -2.53. The smallest absolute Gasteiger partial charge is 0.407 e. The molecule has 0 aromatic carbocycles. The Morgan fingerprint density at radius 1 is 1.14 bits per heavy atom. The fourth-order valence-electron chi connectivity index (χ4n) is 3.37. The molecule has 1 heterocycles. The van der Waals surface area contributed by atoms with Crippen LogP contribution in [0.3, 0.4) is 0 Å². The molecule has 0 aromatic heterocycles. The molecule has 1 aliphatic carbocycles. The van der Waals surface area contributed by atoms with Crippen molar-refractivity contribution in [3.05, 3.63) is 0 Å². The van der Waals surface area contributed by atoms with Crippen LogP contribution in [0.4, 0.5) is 4.79 Å². The SMILES string of the molecule is CC1CC(NC2CCCCCC2NC(=O)OC(C)(C)C)CS1. The number of carbonyl (C=O) groups excluding carboxylic acids is 1. The number of ether oxygens (including phenoxy) is 1. The lowest BCUT2D eigenvalue weighted by atomic mass is 10.0. The van der Waals surface area contributed by atoms with Crippen molar-refractivity contribution in [2.24, 2.45) is 0 Å². The van der Waals surface area contributed by atoms with Crippen molar-refractivity contribution in [2.75, 3.05) is 5.75 Å². The average Bonchev–Trinajstić information content (AvgIpc) is 2.66. The topological polar surface area (TPSA) is 50.4 Å². The molecule has 22 heavy (non-hydrogen) atoms. The van der Waals surface area contributed by atoms with E-state index >= 15 is 0 Å². The third kappa shape index (κ3) is 5.99. The zero-order valence-corrected chi connectivity index (χ0v) is 15.3. The van der Waals surface area contributed by atoms with Crippen molar-refractivity contribution in [3.8, 4) is 0 Å². The average molecular weight is 329 g/mol. The van der Waals surface area contributed by atoms with Gasteiger partial charge >= 0.3 is 6.09 Å². The van der Waals surface area contributed by atoms with Crippen molar-refractivity contribution >= 4 is 17.9 Å². The third-order valence-electron chi connectivity index (χ3n) is 4.37. The summed E-state index contributed by atoms with van der Waals surface area (Å²) in [5.74, 6) is 1.19. The maximum atomic E-state index is 12.1. The number of hydrogen-bond acceptors (Lipinski definition) is 4. The van der Waals surface area contributed by atoms with E-state index in [2.05, 4.69) is 17.6 Å². The number of amides is 1. The van der Waals surface area contributed by atoms with Gasteiger partial charge in [-0.3, -0.25) is 0 Å². The van der Waals surface area contributed by atoms with E-state index in [9.17, 15) is 4.79 Å². The number of hydrogen-bond donors (Lipinski definition) is 2. The van der Waals surface area contributed by atoms with Gasteiger partial charge in [0.2, 0.25) is 0 Å². The summed E-state index contributed by atoms with van der Waals surface area (Å²) in [4.78, 5) is 12.1. The van der Waals surface area contributed by atoms with Crippen LogP contribution in [0.25, 0.3) is 0 Å². The normalized spacial score (nSPS) is 33.3. The van der Waals surface area contributed by atoms with E-state index in [1.807, 2.05) is 32.5 Å². The Morgan fingerprint density at radius 3 is 2.41 bits per heavy atom. The molecule has 0 radical (unpaired) electrons. The third-order valence-corrected chi connectivity index (χ3v) is 5.72. The highest BCUT2D eigenvalue weighted by atomic mass is 32.2. The molecule has 5 heteroatoms. The molecule has 1 aliphatic heterocycles. The number of alkyl carbamates (subject to hydrolysis) is 1. The number of rotatable bonds is 3. The van der Waals surface area contributed by atoms with Crippen LogP contribution in [0.1, 0.15) is 66.2 Å². The molecule has 2 aliphatic rings. The van der Waals surface area contributed by atoms with Crippen LogP contribution in [0, 0.1) is 0 Å². The van der Waals surface area contributed by atoms with Crippen molar-refractivity contribution in [2.45, 2.75) is 95.2 Å². The van der Waals surface area contributed by atoms with Crippen molar-refractivity contribution in [1.29, 1.82) is 0 Å². The van der Waals surface area contributed by atoms with E-state index in [0.29, 0.717) is 12.1 Å². The van der Waals surface area contributed by atoms with Crippen LogP contribution in [-0.2, 0) is 4.74 Å². The van der Waals surface area contributed by atoms with E-state index in [1.54, 1.807) is 0 Å². The minimum atomic E-state index is -0.435. The lowest BCUT2D eigenvalue weighted by Gasteiger charge is -2.30. The van der Waals surface area contributed by atoms with Crippen molar-refractivity contribution < 1.29 is 9.53 Å². The molecule has 128 valence electrons. The molecule has 0 bridgehead atoms. The first kappa shape index (κ1) is 17.9. The Labute approximate surface area is 139 Å². The summed E-state index contributed by atoms with van der Waals surface area (Å²) in [6.45, 7) is 8.03. The fraction of sp³-hybridized carbons (Fsp3) is 0.941. The summed E-state index contributed by atoms with van der Waals surface area (Å²) in [6, 6.07) is 1.16. The summed E-state index contributed by atoms with van der Waals surface area (Å²) >= 11 is 2.05. The molecule has 1 saturated carbocycles. The van der Waals surface area contributed by atoms with E-state index in [1.165, 1.54) is 31.4 Å². The van der Waals surface area contributed by atoms with Gasteiger partial charge in [0, 0.05) is 29.1 Å². The highest BCUT2D eigenvalue weighted by Crippen LogP contribution is 2.28. The highest BCUT2D eigenvalue weighted by Gasteiger charge is 2.31. The second-order valence-electron chi connectivity index (χ2n) is 7.74. The monoisotopic (exact) mass is 328 g/mol. The molecule has 4 unspecified atom stereocenters. The molecule has 2 fully saturated rings. The van der Waals surface area contributed by atoms with Gasteiger partial charge in [0.25, 0.3) is 0 Å². The second-order valence-corrected chi connectivity index (χ2v) is 9.21. The van der Waals surface area contributed by atoms with Crippen LogP contribution < -0.4 is 10.6 Å². The van der Waals surface area contributed by atoms with Crippen LogP contribution in [0.15, 0.2) is 0 Å². The summed E-state index contributed by atoms with van der Waals surface area (Å²) in [5.41, 5.74) is -0.435. The van der Waals surface area contributed by atoms with Crippen LogP contribution >= 0.6 is 11.8 Å².